The van der Waals surface area contributed by atoms with Crippen LogP contribution >= 0.6 is 0 Å². The highest BCUT2D eigenvalue weighted by Crippen LogP contribution is 2.10. The van der Waals surface area contributed by atoms with E-state index in [1.807, 2.05) is 34.6 Å². The van der Waals surface area contributed by atoms with E-state index in [-0.39, 0.29) is 0 Å². The lowest BCUT2D eigenvalue weighted by Crippen LogP contribution is -2.19. The van der Waals surface area contributed by atoms with Gasteiger partial charge in [0.15, 0.2) is 0 Å². The summed E-state index contributed by atoms with van der Waals surface area (Å²) in [6.45, 7) is 18.5. The fraction of sp³-hybridized carbons (Fsp3) is 0.500. The molecule has 0 fully saturated rings. The lowest BCUT2D eigenvalue weighted by molar-refractivity contribution is 0.581. The van der Waals surface area contributed by atoms with E-state index in [9.17, 15) is 0 Å². The number of nitrogens with one attached hydrogen (secondary N) is 1. The Labute approximate surface area is 134 Å². The number of hydrogen-bond acceptors (Lipinski definition) is 1. The molecule has 0 heterocycles. The van der Waals surface area contributed by atoms with Crippen molar-refractivity contribution in [2.75, 3.05) is 6.54 Å². The molecule has 21 heavy (non-hydrogen) atoms. The highest BCUT2D eigenvalue weighted by molar-refractivity contribution is 5.17. The molecule has 0 aliphatic heterocycles. The van der Waals surface area contributed by atoms with Crippen molar-refractivity contribution in [3.05, 3.63) is 60.7 Å². The van der Waals surface area contributed by atoms with Gasteiger partial charge in [0.05, 0.1) is 0 Å². The number of rotatable bonds is 5. The normalized spacial score (nSPS) is 10.0. The van der Waals surface area contributed by atoms with Gasteiger partial charge in [-0.25, -0.2) is 0 Å². The molecule has 1 N–H and O–H groups in total. The zero-order valence-electron chi connectivity index (χ0n) is 15.3. The summed E-state index contributed by atoms with van der Waals surface area (Å²) in [6, 6.07) is 11.0. The van der Waals surface area contributed by atoms with Gasteiger partial charge in [0, 0.05) is 6.04 Å². The molecule has 122 valence electrons. The Hall–Kier alpha value is -1.34. The second kappa shape index (κ2) is 23.7. The minimum atomic E-state index is 0.446. The van der Waals surface area contributed by atoms with Gasteiger partial charge in [0.1, 0.15) is 0 Å². The monoisotopic (exact) mass is 291 g/mol. The van der Waals surface area contributed by atoms with Gasteiger partial charge in [-0.1, -0.05) is 76.3 Å². The van der Waals surface area contributed by atoms with Crippen molar-refractivity contribution < 1.29 is 0 Å². The molecule has 0 aromatic heterocycles. The van der Waals surface area contributed by atoms with Crippen LogP contribution in [0, 0.1) is 0 Å². The number of benzene rings is 1. The van der Waals surface area contributed by atoms with Crippen molar-refractivity contribution in [2.45, 2.75) is 60.9 Å². The zero-order valence-corrected chi connectivity index (χ0v) is 15.3. The van der Waals surface area contributed by atoms with E-state index in [0.717, 1.165) is 13.0 Å². The highest BCUT2D eigenvalue weighted by atomic mass is 14.9. The minimum absolute atomic E-state index is 0.446. The molecular formula is C20H37N. The first-order valence-electron chi connectivity index (χ1n) is 8.22. The number of hydrogen-bond donors (Lipinski definition) is 1. The maximum absolute atomic E-state index is 3.48. The first-order valence-corrected chi connectivity index (χ1v) is 8.22. The smallest absolute Gasteiger partial charge is 0.0291 e. The van der Waals surface area contributed by atoms with Gasteiger partial charge < -0.3 is 5.32 Å². The zero-order chi connectivity index (χ0) is 16.9. The summed E-state index contributed by atoms with van der Waals surface area (Å²) in [5.41, 5.74) is 1.35. The second-order valence-electron chi connectivity index (χ2n) is 3.85. The molecule has 1 aromatic carbocycles. The minimum Gasteiger partial charge on any atom is -0.310 e. The third-order valence-corrected chi connectivity index (χ3v) is 2.30. The van der Waals surface area contributed by atoms with E-state index in [4.69, 9.17) is 0 Å². The summed E-state index contributed by atoms with van der Waals surface area (Å²) < 4.78 is 0. The van der Waals surface area contributed by atoms with E-state index in [0.29, 0.717) is 6.04 Å². The summed E-state index contributed by atoms with van der Waals surface area (Å²) in [7, 11) is 0. The molecule has 0 amide bonds. The van der Waals surface area contributed by atoms with Gasteiger partial charge in [0.2, 0.25) is 0 Å². The van der Waals surface area contributed by atoms with Gasteiger partial charge in [0.25, 0.3) is 0 Å². The van der Waals surface area contributed by atoms with Crippen LogP contribution in [-0.4, -0.2) is 6.54 Å². The van der Waals surface area contributed by atoms with Crippen molar-refractivity contribution >= 4 is 0 Å². The van der Waals surface area contributed by atoms with Crippen molar-refractivity contribution in [3.63, 3.8) is 0 Å². The maximum Gasteiger partial charge on any atom is 0.0291 e. The maximum atomic E-state index is 3.48. The van der Waals surface area contributed by atoms with Crippen molar-refractivity contribution in [1.29, 1.82) is 0 Å². The molecule has 1 unspecified atom stereocenters. The molecule has 0 aliphatic carbocycles. The van der Waals surface area contributed by atoms with E-state index >= 15 is 0 Å². The third kappa shape index (κ3) is 18.7. The Kier molecular flexibility index (Phi) is 27.9. The van der Waals surface area contributed by atoms with Crippen LogP contribution in [0.3, 0.4) is 0 Å². The summed E-state index contributed by atoms with van der Waals surface area (Å²) in [6.07, 6.45) is 7.13. The van der Waals surface area contributed by atoms with Gasteiger partial charge in [-0.3, -0.25) is 0 Å². The van der Waals surface area contributed by atoms with Gasteiger partial charge in [-0.05, 0) is 39.3 Å². The lowest BCUT2D eigenvalue weighted by Gasteiger charge is -2.12. The van der Waals surface area contributed by atoms with Crippen LogP contribution < -0.4 is 5.32 Å². The molecule has 0 bridgehead atoms. The van der Waals surface area contributed by atoms with Crippen LogP contribution in [0.1, 0.15) is 66.5 Å². The lowest BCUT2D eigenvalue weighted by atomic mass is 10.1. The molecule has 1 atom stereocenters. The van der Waals surface area contributed by atoms with Crippen LogP contribution in [0.2, 0.25) is 0 Å². The average Bonchev–Trinajstić information content (AvgIpc) is 2.57. The molecular weight excluding hydrogens is 254 g/mol. The molecule has 0 spiro atoms. The van der Waals surface area contributed by atoms with Crippen LogP contribution in [0.25, 0.3) is 0 Å². The molecule has 1 heteroatoms. The molecule has 0 saturated heterocycles. The Bertz CT molecular complexity index is 301. The van der Waals surface area contributed by atoms with Gasteiger partial charge in [-0.15, -0.1) is 6.58 Å². The van der Waals surface area contributed by atoms with Crippen LogP contribution in [0.15, 0.2) is 55.1 Å². The summed E-state index contributed by atoms with van der Waals surface area (Å²) >= 11 is 0. The largest absolute Gasteiger partial charge is 0.310 e. The van der Waals surface area contributed by atoms with Crippen LogP contribution in [0.4, 0.5) is 0 Å². The SMILES string of the molecule is C/C=C/CCNC(C)c1ccccc1.C=CC.CC.CC. The van der Waals surface area contributed by atoms with Gasteiger partial charge >= 0.3 is 0 Å². The molecule has 1 rings (SSSR count). The first-order chi connectivity index (χ1) is 10.3. The second-order valence-corrected chi connectivity index (χ2v) is 3.85. The van der Waals surface area contributed by atoms with Crippen LogP contribution in [0.5, 0.6) is 0 Å². The highest BCUT2D eigenvalue weighted by Gasteiger charge is 2.01. The molecule has 1 nitrogen and oxygen atoms in total. The summed E-state index contributed by atoms with van der Waals surface area (Å²) in [5, 5.41) is 3.48. The fourth-order valence-corrected chi connectivity index (χ4v) is 1.41. The molecule has 0 saturated carbocycles. The third-order valence-electron chi connectivity index (χ3n) is 2.30. The Morgan fingerprint density at radius 3 is 1.95 bits per heavy atom. The van der Waals surface area contributed by atoms with E-state index in [1.54, 1.807) is 6.08 Å². The predicted octanol–water partition coefficient (Wildman–Crippen LogP) is 6.55. The van der Waals surface area contributed by atoms with E-state index in [1.165, 1.54) is 5.56 Å². The van der Waals surface area contributed by atoms with Crippen molar-refractivity contribution in [3.8, 4) is 0 Å². The molecule has 0 radical (unpaired) electrons. The molecule has 0 aliphatic rings. The van der Waals surface area contributed by atoms with E-state index < -0.39 is 0 Å². The van der Waals surface area contributed by atoms with Crippen molar-refractivity contribution in [2.24, 2.45) is 0 Å². The van der Waals surface area contributed by atoms with Crippen molar-refractivity contribution in [1.82, 2.24) is 5.32 Å². The molecule has 1 aromatic rings. The average molecular weight is 292 g/mol. The summed E-state index contributed by atoms with van der Waals surface area (Å²) in [4.78, 5) is 0. The fourth-order valence-electron chi connectivity index (χ4n) is 1.41. The van der Waals surface area contributed by atoms with E-state index in [2.05, 4.69) is 68.2 Å². The number of allylic oxidation sites excluding steroid dienone is 2. The topological polar surface area (TPSA) is 12.0 Å². The standard InChI is InChI=1S/C13H19N.C3H6.2C2H6/c1-3-4-8-11-14-12(2)13-9-6-5-7-10-13;1-3-2;2*1-2/h3-7,9-10,12,14H,8,11H2,1-2H3;3H,1H2,2H3;2*1-2H3/b4-3+;;;. The van der Waals surface area contributed by atoms with Crippen LogP contribution in [-0.2, 0) is 0 Å². The quantitative estimate of drug-likeness (QED) is 0.479. The summed E-state index contributed by atoms with van der Waals surface area (Å²) in [5.74, 6) is 0. The Morgan fingerprint density at radius 1 is 1.05 bits per heavy atom. The van der Waals surface area contributed by atoms with Gasteiger partial charge in [-0.2, -0.15) is 0 Å². The Balaban J connectivity index is -0.000000399. The predicted molar refractivity (Wildman–Crippen MR) is 101 cm³/mol. The first kappa shape index (κ1) is 24.7. The Morgan fingerprint density at radius 2 is 1.52 bits per heavy atom.